The lowest BCUT2D eigenvalue weighted by Gasteiger charge is -2.26. The third-order valence-electron chi connectivity index (χ3n) is 3.51. The summed E-state index contributed by atoms with van der Waals surface area (Å²) in [5, 5.41) is 13.2. The first-order valence-electron chi connectivity index (χ1n) is 7.33. The van der Waals surface area contributed by atoms with Crippen LogP contribution in [-0.4, -0.2) is 59.5 Å². The summed E-state index contributed by atoms with van der Waals surface area (Å²) < 4.78 is 5.31. The Balaban J connectivity index is 1.52. The van der Waals surface area contributed by atoms with Crippen LogP contribution in [0.2, 0.25) is 0 Å². The van der Waals surface area contributed by atoms with Crippen molar-refractivity contribution in [1.82, 2.24) is 20.1 Å². The molecular formula is C14H19N5O2S. The minimum absolute atomic E-state index is 0.183. The van der Waals surface area contributed by atoms with E-state index in [0.29, 0.717) is 18.1 Å². The zero-order chi connectivity index (χ0) is 15.2. The molecule has 0 aliphatic carbocycles. The molecule has 0 radical (unpaired) electrons. The Labute approximate surface area is 132 Å². The van der Waals surface area contributed by atoms with Gasteiger partial charge in [0, 0.05) is 37.5 Å². The zero-order valence-electron chi connectivity index (χ0n) is 12.2. The van der Waals surface area contributed by atoms with Crippen LogP contribution in [0.25, 0.3) is 0 Å². The molecule has 1 saturated heterocycles. The highest BCUT2D eigenvalue weighted by molar-refractivity contribution is 7.09. The fraction of sp³-hybridized carbons (Fsp3) is 0.500. The summed E-state index contributed by atoms with van der Waals surface area (Å²) in [6.45, 7) is 5.08. The average molecular weight is 321 g/mol. The van der Waals surface area contributed by atoms with Crippen LogP contribution in [0.15, 0.2) is 22.3 Å². The van der Waals surface area contributed by atoms with Gasteiger partial charge in [0.2, 0.25) is 5.95 Å². The second kappa shape index (κ2) is 7.48. The van der Waals surface area contributed by atoms with Crippen molar-refractivity contribution in [3.63, 3.8) is 0 Å². The van der Waals surface area contributed by atoms with Gasteiger partial charge in [-0.1, -0.05) is 6.07 Å². The summed E-state index contributed by atoms with van der Waals surface area (Å²) in [4.78, 5) is 18.2. The highest BCUT2D eigenvalue weighted by atomic mass is 32.1. The Morgan fingerprint density at radius 2 is 2.23 bits per heavy atom. The number of nitrogens with one attached hydrogen (secondary N) is 2. The Morgan fingerprint density at radius 1 is 1.36 bits per heavy atom. The van der Waals surface area contributed by atoms with E-state index in [2.05, 4.69) is 25.4 Å². The number of hydrogen-bond donors (Lipinski definition) is 2. The van der Waals surface area contributed by atoms with Gasteiger partial charge in [-0.3, -0.25) is 14.7 Å². The fourth-order valence-corrected chi connectivity index (χ4v) is 3.00. The number of nitrogens with zero attached hydrogens (tertiary/aromatic N) is 3. The van der Waals surface area contributed by atoms with Crippen LogP contribution in [0.1, 0.15) is 10.6 Å². The van der Waals surface area contributed by atoms with Crippen molar-refractivity contribution >= 4 is 17.3 Å². The minimum Gasteiger partial charge on any atom is -0.379 e. The van der Waals surface area contributed by atoms with Crippen LogP contribution in [0, 0.1) is 0 Å². The molecule has 0 bridgehead atoms. The van der Waals surface area contributed by atoms with E-state index in [0.717, 1.165) is 44.3 Å². The number of aromatic amines is 1. The van der Waals surface area contributed by atoms with Crippen LogP contribution in [-0.2, 0) is 11.2 Å². The highest BCUT2D eigenvalue weighted by Gasteiger charge is 2.10. The number of morpholine rings is 1. The van der Waals surface area contributed by atoms with Crippen LogP contribution in [0.3, 0.4) is 0 Å². The van der Waals surface area contributed by atoms with Crippen molar-refractivity contribution in [3.8, 4) is 0 Å². The maximum absolute atomic E-state index is 12.0. The maximum atomic E-state index is 12.0. The Morgan fingerprint density at radius 3 is 2.95 bits per heavy atom. The topological polar surface area (TPSA) is 83.1 Å². The van der Waals surface area contributed by atoms with Gasteiger partial charge in [0.15, 0.2) is 0 Å². The van der Waals surface area contributed by atoms with Gasteiger partial charge < -0.3 is 10.1 Å². The van der Waals surface area contributed by atoms with E-state index in [4.69, 9.17) is 4.74 Å². The van der Waals surface area contributed by atoms with Gasteiger partial charge in [0.05, 0.1) is 13.2 Å². The molecule has 3 heterocycles. The second-order valence-corrected chi connectivity index (χ2v) is 6.12. The Bertz CT molecular complexity index is 637. The first-order chi connectivity index (χ1) is 10.8. The van der Waals surface area contributed by atoms with Gasteiger partial charge in [0.25, 0.3) is 5.56 Å². The number of ether oxygens (including phenoxy) is 1. The predicted molar refractivity (Wildman–Crippen MR) is 85.5 cm³/mol. The third-order valence-corrected chi connectivity index (χ3v) is 4.39. The molecule has 118 valence electrons. The summed E-state index contributed by atoms with van der Waals surface area (Å²) in [7, 11) is 0. The largest absolute Gasteiger partial charge is 0.379 e. The van der Waals surface area contributed by atoms with E-state index in [-0.39, 0.29) is 5.56 Å². The first kappa shape index (κ1) is 15.1. The molecule has 2 aromatic rings. The monoisotopic (exact) mass is 321 g/mol. The number of H-pyrrole nitrogens is 1. The van der Waals surface area contributed by atoms with Crippen molar-refractivity contribution < 1.29 is 4.74 Å². The van der Waals surface area contributed by atoms with Crippen molar-refractivity contribution in [1.29, 1.82) is 0 Å². The Kier molecular flexibility index (Phi) is 5.15. The van der Waals surface area contributed by atoms with E-state index in [1.54, 1.807) is 11.3 Å². The normalized spacial score (nSPS) is 15.8. The predicted octanol–water partition coefficient (Wildman–Crippen LogP) is 0.561. The molecule has 0 aromatic carbocycles. The molecule has 7 nitrogen and oxygen atoms in total. The standard InChI is InChI=1S/C14H19N5O2S/c20-13-12(10-11-2-1-9-22-11)17-18-14(16-13)15-3-4-19-5-7-21-8-6-19/h1-2,9H,3-8,10H2,(H2,15,16,18,20). The van der Waals surface area contributed by atoms with E-state index in [9.17, 15) is 4.79 Å². The SMILES string of the molecule is O=c1[nH]c(NCCN2CCOCC2)nnc1Cc1cccs1. The number of aromatic nitrogens is 3. The van der Waals surface area contributed by atoms with Gasteiger partial charge >= 0.3 is 0 Å². The van der Waals surface area contributed by atoms with Gasteiger partial charge in [-0.05, 0) is 11.4 Å². The van der Waals surface area contributed by atoms with Crippen molar-refractivity contribution in [2.45, 2.75) is 6.42 Å². The highest BCUT2D eigenvalue weighted by Crippen LogP contribution is 2.11. The van der Waals surface area contributed by atoms with Crippen LogP contribution < -0.4 is 10.9 Å². The maximum Gasteiger partial charge on any atom is 0.274 e. The van der Waals surface area contributed by atoms with Gasteiger partial charge in [0.1, 0.15) is 5.69 Å². The summed E-state index contributed by atoms with van der Waals surface area (Å²) in [6.07, 6.45) is 0.522. The molecule has 2 N–H and O–H groups in total. The molecule has 8 heteroatoms. The minimum atomic E-state index is -0.183. The molecule has 1 aliphatic rings. The van der Waals surface area contributed by atoms with Gasteiger partial charge in [-0.25, -0.2) is 0 Å². The van der Waals surface area contributed by atoms with Crippen molar-refractivity contribution in [2.24, 2.45) is 0 Å². The molecule has 22 heavy (non-hydrogen) atoms. The van der Waals surface area contributed by atoms with Crippen molar-refractivity contribution in [3.05, 3.63) is 38.4 Å². The van der Waals surface area contributed by atoms with Crippen LogP contribution in [0.5, 0.6) is 0 Å². The molecule has 1 aliphatic heterocycles. The van der Waals surface area contributed by atoms with Gasteiger partial charge in [-0.15, -0.1) is 21.5 Å². The van der Waals surface area contributed by atoms with Crippen LogP contribution >= 0.6 is 11.3 Å². The van der Waals surface area contributed by atoms with E-state index >= 15 is 0 Å². The zero-order valence-corrected chi connectivity index (χ0v) is 13.1. The first-order valence-corrected chi connectivity index (χ1v) is 8.21. The molecule has 0 spiro atoms. The third kappa shape index (κ3) is 4.12. The van der Waals surface area contributed by atoms with Crippen LogP contribution in [0.4, 0.5) is 5.95 Å². The number of anilines is 1. The van der Waals surface area contributed by atoms with E-state index < -0.39 is 0 Å². The Hall–Kier alpha value is -1.77. The quantitative estimate of drug-likeness (QED) is 0.809. The number of thiophene rings is 1. The molecule has 0 amide bonds. The summed E-state index contributed by atoms with van der Waals surface area (Å²) >= 11 is 1.61. The van der Waals surface area contributed by atoms with Gasteiger partial charge in [-0.2, -0.15) is 0 Å². The lowest BCUT2D eigenvalue weighted by molar-refractivity contribution is 0.0398. The molecule has 2 aromatic heterocycles. The molecule has 3 rings (SSSR count). The average Bonchev–Trinajstić information content (AvgIpc) is 3.04. The lowest BCUT2D eigenvalue weighted by Crippen LogP contribution is -2.39. The molecule has 1 fully saturated rings. The fourth-order valence-electron chi connectivity index (χ4n) is 2.29. The molecule has 0 unspecified atom stereocenters. The second-order valence-electron chi connectivity index (χ2n) is 5.09. The number of rotatable bonds is 6. The molecule has 0 atom stereocenters. The van der Waals surface area contributed by atoms with E-state index in [1.165, 1.54) is 0 Å². The lowest BCUT2D eigenvalue weighted by atomic mass is 10.3. The van der Waals surface area contributed by atoms with Crippen molar-refractivity contribution in [2.75, 3.05) is 44.7 Å². The van der Waals surface area contributed by atoms with E-state index in [1.807, 2.05) is 17.5 Å². The molecule has 0 saturated carbocycles. The summed E-state index contributed by atoms with van der Waals surface area (Å²) in [6, 6.07) is 3.95. The summed E-state index contributed by atoms with van der Waals surface area (Å²) in [5.74, 6) is 0.424. The number of hydrogen-bond acceptors (Lipinski definition) is 7. The summed E-state index contributed by atoms with van der Waals surface area (Å²) in [5.41, 5.74) is 0.262. The smallest absolute Gasteiger partial charge is 0.274 e. The molecular weight excluding hydrogens is 302 g/mol.